The predicted octanol–water partition coefficient (Wildman–Crippen LogP) is 3.98. The molecule has 3 rings (SSSR count). The van der Waals surface area contributed by atoms with Crippen molar-refractivity contribution >= 4 is 23.3 Å². The van der Waals surface area contributed by atoms with Gasteiger partial charge >= 0.3 is 5.97 Å². The molecule has 3 aromatic rings. The Morgan fingerprint density at radius 1 is 0.970 bits per heavy atom. The fourth-order valence-corrected chi connectivity index (χ4v) is 3.50. The van der Waals surface area contributed by atoms with E-state index in [1.54, 1.807) is 38.1 Å². The number of benzene rings is 2. The third-order valence-corrected chi connectivity index (χ3v) is 5.40. The summed E-state index contributed by atoms with van der Waals surface area (Å²) in [7, 11) is 0. The van der Waals surface area contributed by atoms with Crippen molar-refractivity contribution in [1.29, 1.82) is 0 Å². The topological polar surface area (TPSA) is 100 Å². The zero-order valence-electron chi connectivity index (χ0n) is 19.0. The van der Waals surface area contributed by atoms with E-state index in [9.17, 15) is 19.5 Å². The highest BCUT2D eigenvalue weighted by atomic mass is 16.4. The Hall–Kier alpha value is -3.87. The van der Waals surface area contributed by atoms with Crippen LogP contribution in [-0.4, -0.2) is 39.9 Å². The summed E-state index contributed by atoms with van der Waals surface area (Å²) < 4.78 is 1.89. The number of amides is 1. The highest BCUT2D eigenvalue weighted by Gasteiger charge is 2.24. The van der Waals surface area contributed by atoms with E-state index >= 15 is 0 Å². The zero-order valence-corrected chi connectivity index (χ0v) is 19.0. The number of nitrogens with zero attached hydrogens (tertiary/aromatic N) is 1. The number of hydrogen-bond donors (Lipinski definition) is 3. The maximum Gasteiger partial charge on any atom is 0.326 e. The smallest absolute Gasteiger partial charge is 0.326 e. The molecule has 0 bridgehead atoms. The van der Waals surface area contributed by atoms with Crippen LogP contribution in [0.3, 0.4) is 0 Å². The van der Waals surface area contributed by atoms with E-state index in [4.69, 9.17) is 0 Å². The van der Waals surface area contributed by atoms with Crippen molar-refractivity contribution in [2.75, 3.05) is 11.9 Å². The Morgan fingerprint density at radius 3 is 2.36 bits per heavy atom. The van der Waals surface area contributed by atoms with Crippen molar-refractivity contribution in [3.8, 4) is 0 Å². The summed E-state index contributed by atoms with van der Waals surface area (Å²) in [6.07, 6.45) is 1.87. The second kappa shape index (κ2) is 10.6. The lowest BCUT2D eigenvalue weighted by Gasteiger charge is -2.18. The maximum absolute atomic E-state index is 12.8. The van der Waals surface area contributed by atoms with Gasteiger partial charge in [-0.25, -0.2) is 4.79 Å². The summed E-state index contributed by atoms with van der Waals surface area (Å²) in [4.78, 5) is 36.7. The number of rotatable bonds is 10. The number of ketones is 1. The van der Waals surface area contributed by atoms with Crippen molar-refractivity contribution in [2.45, 2.75) is 33.4 Å². The van der Waals surface area contributed by atoms with Gasteiger partial charge in [0.15, 0.2) is 0 Å². The van der Waals surface area contributed by atoms with E-state index in [1.807, 2.05) is 54.1 Å². The van der Waals surface area contributed by atoms with Crippen LogP contribution in [0.1, 0.15) is 45.8 Å². The van der Waals surface area contributed by atoms with Crippen LogP contribution in [0.25, 0.3) is 0 Å². The van der Waals surface area contributed by atoms with E-state index in [1.165, 1.54) is 0 Å². The average molecular weight is 448 g/mol. The van der Waals surface area contributed by atoms with Gasteiger partial charge in [-0.2, -0.15) is 0 Å². The number of aliphatic carboxylic acids is 1. The first-order valence-electron chi connectivity index (χ1n) is 10.9. The molecule has 1 aromatic heterocycles. The number of nitrogens with one attached hydrogen (secondary N) is 2. The fourth-order valence-electron chi connectivity index (χ4n) is 3.50. The summed E-state index contributed by atoms with van der Waals surface area (Å²) in [6, 6.07) is 17.1. The minimum Gasteiger partial charge on any atom is -0.480 e. The second-order valence-electron chi connectivity index (χ2n) is 8.32. The number of carbonyl (C=O) groups is 3. The van der Waals surface area contributed by atoms with Crippen molar-refractivity contribution in [1.82, 2.24) is 9.88 Å². The van der Waals surface area contributed by atoms with Crippen LogP contribution in [-0.2, 0) is 11.3 Å². The van der Waals surface area contributed by atoms with Gasteiger partial charge in [0.05, 0.1) is 5.69 Å². The monoisotopic (exact) mass is 447 g/mol. The predicted molar refractivity (Wildman–Crippen MR) is 128 cm³/mol. The molecule has 0 aliphatic rings. The van der Waals surface area contributed by atoms with Crippen LogP contribution in [0.2, 0.25) is 0 Å². The Kier molecular flexibility index (Phi) is 7.66. The van der Waals surface area contributed by atoms with Gasteiger partial charge in [0, 0.05) is 36.1 Å². The Bertz CT molecular complexity index is 1130. The molecule has 0 saturated carbocycles. The molecule has 33 heavy (non-hydrogen) atoms. The highest BCUT2D eigenvalue weighted by molar-refractivity contribution is 6.08. The van der Waals surface area contributed by atoms with Crippen molar-refractivity contribution in [3.05, 3.63) is 89.2 Å². The highest BCUT2D eigenvalue weighted by Crippen LogP contribution is 2.14. The number of aromatic nitrogens is 1. The largest absolute Gasteiger partial charge is 0.480 e. The third-order valence-electron chi connectivity index (χ3n) is 5.40. The first kappa shape index (κ1) is 23.8. The van der Waals surface area contributed by atoms with Crippen LogP contribution in [0.4, 0.5) is 5.69 Å². The molecule has 0 spiro atoms. The number of hydrogen-bond acceptors (Lipinski definition) is 4. The first-order valence-corrected chi connectivity index (χ1v) is 10.9. The molecular formula is C26H29N3O4. The molecule has 0 aliphatic carbocycles. The van der Waals surface area contributed by atoms with Gasteiger partial charge in [0.25, 0.3) is 5.91 Å². The van der Waals surface area contributed by atoms with Crippen molar-refractivity contribution < 1.29 is 19.5 Å². The van der Waals surface area contributed by atoms with Crippen LogP contribution in [0, 0.1) is 12.8 Å². The van der Waals surface area contributed by atoms with Gasteiger partial charge in [-0.3, -0.25) is 9.59 Å². The SMILES string of the molecule is Cc1ccc(C(=O)c2cccn2CCNc2cccc(C(=O)N[C@H](C(=O)O)C(C)C)c2)cc1. The Morgan fingerprint density at radius 2 is 1.70 bits per heavy atom. The summed E-state index contributed by atoms with van der Waals surface area (Å²) >= 11 is 0. The van der Waals surface area contributed by atoms with E-state index in [0.29, 0.717) is 29.9 Å². The molecule has 1 atom stereocenters. The van der Waals surface area contributed by atoms with Crippen LogP contribution < -0.4 is 10.6 Å². The van der Waals surface area contributed by atoms with E-state index in [2.05, 4.69) is 10.6 Å². The molecule has 0 radical (unpaired) electrons. The minimum atomic E-state index is -1.06. The zero-order chi connectivity index (χ0) is 24.0. The number of carboxylic acid groups (broad SMARTS) is 1. The van der Waals surface area contributed by atoms with E-state index in [-0.39, 0.29) is 11.7 Å². The summed E-state index contributed by atoms with van der Waals surface area (Å²) in [5.41, 5.74) is 3.47. The lowest BCUT2D eigenvalue weighted by atomic mass is 10.0. The summed E-state index contributed by atoms with van der Waals surface area (Å²) in [5, 5.41) is 15.1. The fraction of sp³-hybridized carbons (Fsp3) is 0.269. The molecule has 172 valence electrons. The van der Waals surface area contributed by atoms with E-state index < -0.39 is 17.9 Å². The van der Waals surface area contributed by atoms with Crippen molar-refractivity contribution in [2.24, 2.45) is 5.92 Å². The van der Waals surface area contributed by atoms with Gasteiger partial charge in [-0.1, -0.05) is 49.7 Å². The number of carboxylic acids is 1. The van der Waals surface area contributed by atoms with Gasteiger partial charge in [-0.15, -0.1) is 0 Å². The van der Waals surface area contributed by atoms with Crippen LogP contribution in [0.15, 0.2) is 66.9 Å². The molecule has 0 fully saturated rings. The van der Waals surface area contributed by atoms with Gasteiger partial charge in [-0.05, 0) is 43.2 Å². The van der Waals surface area contributed by atoms with Gasteiger partial charge < -0.3 is 20.3 Å². The molecule has 0 saturated heterocycles. The Labute approximate surface area is 193 Å². The van der Waals surface area contributed by atoms with Gasteiger partial charge in [0.1, 0.15) is 6.04 Å². The first-order chi connectivity index (χ1) is 15.8. The normalized spacial score (nSPS) is 11.8. The van der Waals surface area contributed by atoms with Crippen LogP contribution in [0.5, 0.6) is 0 Å². The van der Waals surface area contributed by atoms with Crippen LogP contribution >= 0.6 is 0 Å². The van der Waals surface area contributed by atoms with Gasteiger partial charge in [0.2, 0.25) is 5.78 Å². The molecule has 7 heteroatoms. The minimum absolute atomic E-state index is 0.0307. The molecule has 3 N–H and O–H groups in total. The number of carbonyl (C=O) groups excluding carboxylic acids is 2. The third kappa shape index (κ3) is 6.10. The average Bonchev–Trinajstić information content (AvgIpc) is 3.25. The Balaban J connectivity index is 1.62. The number of anilines is 1. The molecule has 2 aromatic carbocycles. The quantitative estimate of drug-likeness (QED) is 0.408. The standard InChI is InChI=1S/C26H29N3O4/c1-17(2)23(26(32)33)28-25(31)20-6-4-7-21(16-20)27-13-15-29-14-5-8-22(29)24(30)19-11-9-18(3)10-12-19/h4-12,14,16-17,23,27H,13,15H2,1-3H3,(H,28,31)(H,32,33)/t23-/m0/s1. The molecule has 1 amide bonds. The van der Waals surface area contributed by atoms with Crippen molar-refractivity contribution in [3.63, 3.8) is 0 Å². The molecular weight excluding hydrogens is 418 g/mol. The molecule has 7 nitrogen and oxygen atoms in total. The summed E-state index contributed by atoms with van der Waals surface area (Å²) in [6.45, 7) is 6.57. The molecule has 0 aliphatic heterocycles. The maximum atomic E-state index is 12.8. The second-order valence-corrected chi connectivity index (χ2v) is 8.32. The molecule has 0 unspecified atom stereocenters. The number of aryl methyl sites for hydroxylation is 1. The lowest BCUT2D eigenvalue weighted by Crippen LogP contribution is -2.44. The molecule has 1 heterocycles. The van der Waals surface area contributed by atoms with E-state index in [0.717, 1.165) is 11.3 Å². The summed E-state index contributed by atoms with van der Waals surface area (Å²) in [5.74, 6) is -1.76. The lowest BCUT2D eigenvalue weighted by molar-refractivity contribution is -0.140.